The average Bonchev–Trinajstić information content (AvgIpc) is 3.39. The first kappa shape index (κ1) is 28.5. The Kier molecular flexibility index (Phi) is 8.77. The van der Waals surface area contributed by atoms with Crippen molar-refractivity contribution in [1.82, 2.24) is 10.0 Å². The fraction of sp³-hybridized carbons (Fsp3) is 0.467. The van der Waals surface area contributed by atoms with E-state index in [1.54, 1.807) is 16.4 Å². The summed E-state index contributed by atoms with van der Waals surface area (Å²) in [6.45, 7) is 13.6. The summed E-state index contributed by atoms with van der Waals surface area (Å²) < 4.78 is 13.0. The summed E-state index contributed by atoms with van der Waals surface area (Å²) >= 11 is 1.62. The molecule has 6 nitrogen and oxygen atoms in total. The van der Waals surface area contributed by atoms with Crippen molar-refractivity contribution in [2.45, 2.75) is 71.1 Å². The number of carbonyl (C=O) groups is 1. The maximum atomic E-state index is 12.4. The van der Waals surface area contributed by atoms with E-state index < -0.39 is 20.1 Å². The molecule has 2 heterocycles. The number of carbonyl (C=O) groups excluding carboxylic acids is 1. The minimum absolute atomic E-state index is 0.0963. The number of aromatic nitrogens is 1. The van der Waals surface area contributed by atoms with Gasteiger partial charge in [0.1, 0.15) is 16.7 Å². The molecule has 1 aliphatic heterocycles. The van der Waals surface area contributed by atoms with E-state index in [0.717, 1.165) is 17.8 Å². The molecule has 1 saturated heterocycles. The summed E-state index contributed by atoms with van der Waals surface area (Å²) in [5.41, 5.74) is -0.609. The van der Waals surface area contributed by atoms with Crippen LogP contribution in [0.15, 0.2) is 72.2 Å². The van der Waals surface area contributed by atoms with E-state index in [1.165, 1.54) is 10.4 Å². The fourth-order valence-electron chi connectivity index (χ4n) is 5.28. The van der Waals surface area contributed by atoms with Crippen molar-refractivity contribution in [3.8, 4) is 0 Å². The van der Waals surface area contributed by atoms with Gasteiger partial charge in [-0.1, -0.05) is 81.4 Å². The lowest BCUT2D eigenvalue weighted by Crippen LogP contribution is -2.67. The number of ether oxygens (including phenoxy) is 1. The van der Waals surface area contributed by atoms with Gasteiger partial charge in [0, 0.05) is 30.6 Å². The van der Waals surface area contributed by atoms with Gasteiger partial charge in [0.25, 0.3) is 8.32 Å². The second kappa shape index (κ2) is 11.7. The largest absolute Gasteiger partial charge is 0.528 e. The molecule has 38 heavy (non-hydrogen) atoms. The Hall–Kier alpha value is -2.52. The molecule has 2 atom stereocenters. The zero-order chi connectivity index (χ0) is 27.4. The lowest BCUT2D eigenvalue weighted by atomic mass is 9.94. The van der Waals surface area contributed by atoms with Crippen molar-refractivity contribution < 1.29 is 18.8 Å². The van der Waals surface area contributed by atoms with E-state index in [-0.39, 0.29) is 17.1 Å². The van der Waals surface area contributed by atoms with E-state index in [1.807, 2.05) is 32.3 Å². The summed E-state index contributed by atoms with van der Waals surface area (Å²) in [6.07, 6.45) is 2.78. The third kappa shape index (κ3) is 6.54. The molecule has 0 saturated carbocycles. The van der Waals surface area contributed by atoms with Crippen LogP contribution in [0.3, 0.4) is 0 Å². The van der Waals surface area contributed by atoms with Crippen molar-refractivity contribution in [3.05, 3.63) is 77.2 Å². The van der Waals surface area contributed by atoms with Crippen LogP contribution >= 0.6 is 11.3 Å². The van der Waals surface area contributed by atoms with E-state index in [9.17, 15) is 4.79 Å². The van der Waals surface area contributed by atoms with Crippen LogP contribution in [-0.2, 0) is 14.0 Å². The second-order valence-corrected chi connectivity index (χ2v) is 17.1. The lowest BCUT2D eigenvalue weighted by molar-refractivity contribution is -0.165. The highest BCUT2D eigenvalue weighted by Gasteiger charge is 2.53. The SMILES string of the molecule is CC(C)(C)OC(=O)ON1CCC[C@H]([C@@H](O[Si](c2ccccc2)(c2ccccc2)C(C)(C)C)c2nccs2)C1. The van der Waals surface area contributed by atoms with E-state index in [0.29, 0.717) is 13.1 Å². The van der Waals surface area contributed by atoms with Gasteiger partial charge in [0.05, 0.1) is 0 Å². The molecule has 0 spiro atoms. The van der Waals surface area contributed by atoms with Crippen LogP contribution in [-0.4, -0.2) is 43.2 Å². The standard InChI is InChI=1S/C30H40N2O4SSi/c1-29(2,3)34-28(33)35-32-20-13-14-23(22-32)26(27-31-19-21-37-27)36-38(30(4,5)6,24-15-9-7-10-16-24)25-17-11-8-12-18-25/h7-12,15-19,21,23,26H,13-14,20,22H2,1-6H3/t23-,26+/m0/s1. The Bertz CT molecular complexity index is 1120. The van der Waals surface area contributed by atoms with Gasteiger partial charge >= 0.3 is 6.16 Å². The summed E-state index contributed by atoms with van der Waals surface area (Å²) in [4.78, 5) is 22.8. The van der Waals surface area contributed by atoms with Crippen LogP contribution in [0, 0.1) is 5.92 Å². The van der Waals surface area contributed by atoms with Crippen LogP contribution in [0.1, 0.15) is 65.5 Å². The molecule has 0 N–H and O–H groups in total. The quantitative estimate of drug-likeness (QED) is 0.252. The molecule has 0 bridgehead atoms. The molecular weight excluding hydrogens is 512 g/mol. The Morgan fingerprint density at radius 3 is 2.11 bits per heavy atom. The number of rotatable bonds is 7. The number of piperidine rings is 1. The Balaban J connectivity index is 1.73. The third-order valence-electron chi connectivity index (χ3n) is 6.86. The van der Waals surface area contributed by atoms with Gasteiger partial charge in [-0.2, -0.15) is 0 Å². The summed E-state index contributed by atoms with van der Waals surface area (Å²) in [5, 5.41) is 7.01. The van der Waals surface area contributed by atoms with Crippen LogP contribution in [0.25, 0.3) is 0 Å². The normalized spacial score (nSPS) is 18.1. The van der Waals surface area contributed by atoms with Gasteiger partial charge in [-0.3, -0.25) is 0 Å². The Morgan fingerprint density at radius 2 is 1.61 bits per heavy atom. The second-order valence-electron chi connectivity index (χ2n) is 11.9. The summed E-state index contributed by atoms with van der Waals surface area (Å²) in [5.74, 6) is 0.0963. The first-order chi connectivity index (χ1) is 18.0. The molecule has 1 fully saturated rings. The Morgan fingerprint density at radius 1 is 1.00 bits per heavy atom. The molecular formula is C30H40N2O4SSi. The predicted molar refractivity (Wildman–Crippen MR) is 155 cm³/mol. The molecule has 0 aliphatic carbocycles. The molecule has 4 rings (SSSR count). The smallest absolute Gasteiger partial charge is 0.427 e. The highest BCUT2D eigenvalue weighted by Crippen LogP contribution is 2.43. The Labute approximate surface area is 232 Å². The zero-order valence-corrected chi connectivity index (χ0v) is 25.2. The highest BCUT2D eigenvalue weighted by molar-refractivity contribution is 7.09. The molecule has 3 aromatic rings. The first-order valence-corrected chi connectivity index (χ1v) is 16.1. The van der Waals surface area contributed by atoms with E-state index in [2.05, 4.69) is 81.4 Å². The lowest BCUT2D eigenvalue weighted by Gasteiger charge is -2.47. The maximum absolute atomic E-state index is 12.4. The molecule has 8 heteroatoms. The molecule has 1 aliphatic rings. The van der Waals surface area contributed by atoms with E-state index >= 15 is 0 Å². The van der Waals surface area contributed by atoms with E-state index in [4.69, 9.17) is 19.0 Å². The molecule has 1 aromatic heterocycles. The summed E-state index contributed by atoms with van der Waals surface area (Å²) in [6, 6.07) is 21.4. The van der Waals surface area contributed by atoms with Crippen LogP contribution in [0.2, 0.25) is 5.04 Å². The number of benzene rings is 2. The highest BCUT2D eigenvalue weighted by atomic mass is 32.1. The molecule has 0 amide bonds. The minimum Gasteiger partial charge on any atom is -0.427 e. The molecule has 0 radical (unpaired) electrons. The number of thiazole rings is 1. The van der Waals surface area contributed by atoms with Crippen LogP contribution in [0.5, 0.6) is 0 Å². The number of hydroxylamine groups is 2. The van der Waals surface area contributed by atoms with Crippen molar-refractivity contribution in [2.24, 2.45) is 5.92 Å². The monoisotopic (exact) mass is 552 g/mol. The number of nitrogens with zero attached hydrogens (tertiary/aromatic N) is 2. The zero-order valence-electron chi connectivity index (χ0n) is 23.3. The van der Waals surface area contributed by atoms with Gasteiger partial charge in [-0.05, 0) is 49.0 Å². The average molecular weight is 553 g/mol. The molecule has 0 unspecified atom stereocenters. The van der Waals surface area contributed by atoms with Crippen LogP contribution in [0.4, 0.5) is 4.79 Å². The van der Waals surface area contributed by atoms with Crippen molar-refractivity contribution >= 4 is 36.2 Å². The van der Waals surface area contributed by atoms with Crippen molar-refractivity contribution in [1.29, 1.82) is 0 Å². The topological polar surface area (TPSA) is 60.9 Å². The molecule has 204 valence electrons. The van der Waals surface area contributed by atoms with Gasteiger partial charge in [0.15, 0.2) is 0 Å². The fourth-order valence-corrected chi connectivity index (χ4v) is 10.8. The van der Waals surface area contributed by atoms with Gasteiger partial charge in [0.2, 0.25) is 0 Å². The van der Waals surface area contributed by atoms with Crippen molar-refractivity contribution in [2.75, 3.05) is 13.1 Å². The minimum atomic E-state index is -2.82. The molecule has 2 aromatic carbocycles. The van der Waals surface area contributed by atoms with Crippen LogP contribution < -0.4 is 10.4 Å². The van der Waals surface area contributed by atoms with Gasteiger partial charge < -0.3 is 14.0 Å². The van der Waals surface area contributed by atoms with Crippen molar-refractivity contribution in [3.63, 3.8) is 0 Å². The maximum Gasteiger partial charge on any atom is 0.528 e. The third-order valence-corrected chi connectivity index (χ3v) is 12.7. The number of hydrogen-bond donors (Lipinski definition) is 0. The van der Waals surface area contributed by atoms with Gasteiger partial charge in [-0.25, -0.2) is 9.78 Å². The predicted octanol–water partition coefficient (Wildman–Crippen LogP) is 6.34. The summed E-state index contributed by atoms with van der Waals surface area (Å²) in [7, 11) is -2.82. The number of hydrogen-bond acceptors (Lipinski definition) is 7. The van der Waals surface area contributed by atoms with Gasteiger partial charge in [-0.15, -0.1) is 16.4 Å². The first-order valence-electron chi connectivity index (χ1n) is 13.3.